The van der Waals surface area contributed by atoms with Crippen LogP contribution in [-0.2, 0) is 16.1 Å². The Hall–Kier alpha value is -1.59. The van der Waals surface area contributed by atoms with Gasteiger partial charge in [-0.3, -0.25) is 4.79 Å². The van der Waals surface area contributed by atoms with Crippen LogP contribution in [-0.4, -0.2) is 37.8 Å². The molecule has 2 N–H and O–H groups in total. The smallest absolute Gasteiger partial charge is 0.252 e. The number of nitrogens with one attached hydrogen (secondary N) is 2. The molecule has 22 heavy (non-hydrogen) atoms. The van der Waals surface area contributed by atoms with Crippen LogP contribution in [0.4, 0.5) is 0 Å². The highest BCUT2D eigenvalue weighted by Gasteiger charge is 2.39. The second-order valence-electron chi connectivity index (χ2n) is 5.91. The summed E-state index contributed by atoms with van der Waals surface area (Å²) in [5.41, 5.74) is 0.267. The van der Waals surface area contributed by atoms with Crippen molar-refractivity contribution in [3.63, 3.8) is 0 Å². The molecule has 1 aromatic rings. The number of piperidine rings is 1. The highest BCUT2D eigenvalue weighted by Crippen LogP contribution is 2.24. The lowest BCUT2D eigenvalue weighted by Gasteiger charge is -2.34. The molecular weight excluding hydrogens is 280 g/mol. The summed E-state index contributed by atoms with van der Waals surface area (Å²) in [7, 11) is 1.61. The number of benzene rings is 1. The van der Waals surface area contributed by atoms with Gasteiger partial charge >= 0.3 is 0 Å². The van der Waals surface area contributed by atoms with Crippen molar-refractivity contribution in [3.05, 3.63) is 29.8 Å². The first kappa shape index (κ1) is 16.8. The predicted molar refractivity (Wildman–Crippen MR) is 85.9 cm³/mol. The molecule has 0 unspecified atom stereocenters. The highest BCUT2D eigenvalue weighted by molar-refractivity contribution is 5.85. The third-order valence-electron chi connectivity index (χ3n) is 3.99. The van der Waals surface area contributed by atoms with Gasteiger partial charge in [-0.05, 0) is 45.8 Å². The molecule has 0 spiro atoms. The van der Waals surface area contributed by atoms with Gasteiger partial charge in [-0.1, -0.05) is 18.2 Å². The lowest BCUT2D eigenvalue weighted by atomic mass is 9.91. The molecule has 0 bridgehead atoms. The first-order valence-corrected chi connectivity index (χ1v) is 7.86. The maximum absolute atomic E-state index is 12.6. The van der Waals surface area contributed by atoms with E-state index in [0.29, 0.717) is 19.4 Å². The molecule has 1 heterocycles. The molecule has 5 heteroatoms. The fourth-order valence-electron chi connectivity index (χ4n) is 2.71. The van der Waals surface area contributed by atoms with Gasteiger partial charge in [-0.2, -0.15) is 0 Å². The molecule has 1 aliphatic rings. The van der Waals surface area contributed by atoms with E-state index in [1.807, 2.05) is 38.1 Å². The average molecular weight is 306 g/mol. The van der Waals surface area contributed by atoms with E-state index in [9.17, 15) is 4.79 Å². The van der Waals surface area contributed by atoms with Gasteiger partial charge in [-0.25, -0.2) is 0 Å². The number of para-hydroxylation sites is 1. The van der Waals surface area contributed by atoms with Gasteiger partial charge in [0, 0.05) is 19.2 Å². The summed E-state index contributed by atoms with van der Waals surface area (Å²) in [4.78, 5) is 12.6. The number of methoxy groups -OCH3 is 1. The monoisotopic (exact) mass is 306 g/mol. The maximum atomic E-state index is 12.6. The summed E-state index contributed by atoms with van der Waals surface area (Å²) >= 11 is 0. The Morgan fingerprint density at radius 3 is 2.64 bits per heavy atom. The van der Waals surface area contributed by atoms with Crippen molar-refractivity contribution in [1.82, 2.24) is 10.6 Å². The molecule has 0 aliphatic carbocycles. The van der Waals surface area contributed by atoms with E-state index in [2.05, 4.69) is 10.6 Å². The summed E-state index contributed by atoms with van der Waals surface area (Å²) in [5.74, 6) is 0.769. The van der Waals surface area contributed by atoms with Crippen molar-refractivity contribution in [2.24, 2.45) is 0 Å². The SMILES string of the molecule is COC1(C(=O)NCc2ccccc2OC(C)C)CCNCC1. The van der Waals surface area contributed by atoms with Gasteiger partial charge < -0.3 is 20.1 Å². The van der Waals surface area contributed by atoms with Crippen LogP contribution in [0.25, 0.3) is 0 Å². The van der Waals surface area contributed by atoms with Crippen LogP contribution in [0.3, 0.4) is 0 Å². The molecule has 0 atom stereocenters. The summed E-state index contributed by atoms with van der Waals surface area (Å²) in [6.07, 6.45) is 1.49. The van der Waals surface area contributed by atoms with Crippen LogP contribution in [0.15, 0.2) is 24.3 Å². The molecule has 1 fully saturated rings. The van der Waals surface area contributed by atoms with Crippen molar-refractivity contribution < 1.29 is 14.3 Å². The Morgan fingerprint density at radius 2 is 2.00 bits per heavy atom. The predicted octanol–water partition coefficient (Wildman–Crippen LogP) is 1.86. The van der Waals surface area contributed by atoms with Crippen molar-refractivity contribution >= 4 is 5.91 Å². The van der Waals surface area contributed by atoms with E-state index >= 15 is 0 Å². The van der Waals surface area contributed by atoms with Gasteiger partial charge in [0.1, 0.15) is 11.4 Å². The Bertz CT molecular complexity index is 496. The number of carbonyl (C=O) groups excluding carboxylic acids is 1. The molecule has 1 saturated heterocycles. The van der Waals surface area contributed by atoms with E-state index in [1.165, 1.54) is 0 Å². The van der Waals surface area contributed by atoms with Crippen LogP contribution in [0.2, 0.25) is 0 Å². The number of hydrogen-bond acceptors (Lipinski definition) is 4. The second-order valence-corrected chi connectivity index (χ2v) is 5.91. The molecule has 1 aromatic carbocycles. The zero-order valence-corrected chi connectivity index (χ0v) is 13.6. The van der Waals surface area contributed by atoms with Crippen LogP contribution in [0, 0.1) is 0 Å². The third-order valence-corrected chi connectivity index (χ3v) is 3.99. The van der Waals surface area contributed by atoms with Gasteiger partial charge in [0.2, 0.25) is 0 Å². The maximum Gasteiger partial charge on any atom is 0.252 e. The lowest BCUT2D eigenvalue weighted by molar-refractivity contribution is -0.146. The Kier molecular flexibility index (Phi) is 5.80. The van der Waals surface area contributed by atoms with Crippen LogP contribution in [0.1, 0.15) is 32.3 Å². The highest BCUT2D eigenvalue weighted by atomic mass is 16.5. The van der Waals surface area contributed by atoms with E-state index in [-0.39, 0.29) is 12.0 Å². The second kappa shape index (κ2) is 7.61. The zero-order valence-electron chi connectivity index (χ0n) is 13.6. The van der Waals surface area contributed by atoms with E-state index < -0.39 is 5.60 Å². The van der Waals surface area contributed by atoms with Gasteiger partial charge in [0.15, 0.2) is 0 Å². The van der Waals surface area contributed by atoms with Crippen molar-refractivity contribution in [2.75, 3.05) is 20.2 Å². The minimum atomic E-state index is -0.709. The fourth-order valence-corrected chi connectivity index (χ4v) is 2.71. The van der Waals surface area contributed by atoms with Crippen LogP contribution < -0.4 is 15.4 Å². The summed E-state index contributed by atoms with van der Waals surface area (Å²) in [5, 5.41) is 6.26. The van der Waals surface area contributed by atoms with Crippen molar-refractivity contribution in [2.45, 2.75) is 44.9 Å². The number of hydrogen-bond donors (Lipinski definition) is 2. The van der Waals surface area contributed by atoms with Crippen LogP contribution >= 0.6 is 0 Å². The minimum Gasteiger partial charge on any atom is -0.491 e. The third kappa shape index (κ3) is 3.99. The molecule has 0 aromatic heterocycles. The van der Waals surface area contributed by atoms with Crippen LogP contribution in [0.5, 0.6) is 5.75 Å². The van der Waals surface area contributed by atoms with Gasteiger partial charge in [-0.15, -0.1) is 0 Å². The standard InChI is InChI=1S/C17H26N2O3/c1-13(2)22-15-7-5-4-6-14(15)12-19-16(20)17(21-3)8-10-18-11-9-17/h4-7,13,18H,8-12H2,1-3H3,(H,19,20). The molecule has 1 amide bonds. The summed E-state index contributed by atoms with van der Waals surface area (Å²) in [6.45, 7) is 6.03. The molecule has 5 nitrogen and oxygen atoms in total. The average Bonchev–Trinajstić information content (AvgIpc) is 2.54. The van der Waals surface area contributed by atoms with Crippen molar-refractivity contribution in [1.29, 1.82) is 0 Å². The number of carbonyl (C=O) groups is 1. The van der Waals surface area contributed by atoms with Gasteiger partial charge in [0.25, 0.3) is 5.91 Å². The molecule has 122 valence electrons. The Labute approximate surface area is 132 Å². The molecule has 0 radical (unpaired) electrons. The summed E-state index contributed by atoms with van der Waals surface area (Å²) in [6, 6.07) is 7.79. The lowest BCUT2D eigenvalue weighted by Crippen LogP contribution is -2.53. The first-order chi connectivity index (χ1) is 10.6. The number of ether oxygens (including phenoxy) is 2. The fraction of sp³-hybridized carbons (Fsp3) is 0.588. The quantitative estimate of drug-likeness (QED) is 0.842. The zero-order chi connectivity index (χ0) is 16.0. The largest absolute Gasteiger partial charge is 0.491 e. The minimum absolute atomic E-state index is 0.0455. The van der Waals surface area contributed by atoms with Gasteiger partial charge in [0.05, 0.1) is 6.10 Å². The number of rotatable bonds is 6. The summed E-state index contributed by atoms with van der Waals surface area (Å²) < 4.78 is 11.3. The number of amides is 1. The topological polar surface area (TPSA) is 59.6 Å². The molecule has 2 rings (SSSR count). The first-order valence-electron chi connectivity index (χ1n) is 7.86. The normalized spacial score (nSPS) is 17.3. The Morgan fingerprint density at radius 1 is 1.32 bits per heavy atom. The molecular formula is C17H26N2O3. The van der Waals surface area contributed by atoms with E-state index in [4.69, 9.17) is 9.47 Å². The molecule has 1 aliphatic heterocycles. The van der Waals surface area contributed by atoms with E-state index in [1.54, 1.807) is 7.11 Å². The molecule has 0 saturated carbocycles. The van der Waals surface area contributed by atoms with E-state index in [0.717, 1.165) is 24.4 Å². The Balaban J connectivity index is 2.01. The van der Waals surface area contributed by atoms with Crippen molar-refractivity contribution in [3.8, 4) is 5.75 Å².